The summed E-state index contributed by atoms with van der Waals surface area (Å²) in [5.74, 6) is -10.4. The van der Waals surface area contributed by atoms with Crippen molar-refractivity contribution in [2.24, 2.45) is 0 Å². The number of hydrogen-bond donors (Lipinski definition) is 1. The van der Waals surface area contributed by atoms with Crippen molar-refractivity contribution < 1.29 is 48.6 Å². The molecule has 0 aromatic heterocycles. The number of sulfonamides is 1. The lowest BCUT2D eigenvalue weighted by Crippen LogP contribution is -2.21. The quantitative estimate of drug-likeness (QED) is 0.589. The van der Waals surface area contributed by atoms with Crippen LogP contribution in [0, 0.1) is 23.3 Å². The highest BCUT2D eigenvalue weighted by Crippen LogP contribution is 2.33. The molecule has 2 aromatic rings. The van der Waals surface area contributed by atoms with Gasteiger partial charge in [-0.1, -0.05) is 0 Å². The number of alkyl halides is 3. The third kappa shape index (κ3) is 4.53. The van der Waals surface area contributed by atoms with E-state index in [-0.39, 0.29) is 11.8 Å². The highest BCUT2D eigenvalue weighted by molar-refractivity contribution is 7.92. The fourth-order valence-electron chi connectivity index (χ4n) is 1.90. The average Bonchev–Trinajstić information content (AvgIpc) is 2.53. The van der Waals surface area contributed by atoms with E-state index >= 15 is 0 Å². The van der Waals surface area contributed by atoms with Crippen molar-refractivity contribution in [3.8, 4) is 11.5 Å². The molecule has 0 heterocycles. The van der Waals surface area contributed by atoms with Crippen LogP contribution in [0.2, 0.25) is 0 Å². The van der Waals surface area contributed by atoms with Crippen LogP contribution in [0.5, 0.6) is 11.5 Å². The van der Waals surface area contributed by atoms with Crippen LogP contribution in [0.15, 0.2) is 29.2 Å². The molecule has 0 aliphatic heterocycles. The second-order valence-corrected chi connectivity index (χ2v) is 6.47. The van der Waals surface area contributed by atoms with Gasteiger partial charge in [0.15, 0.2) is 23.2 Å². The molecule has 27 heavy (non-hydrogen) atoms. The maximum atomic E-state index is 13.9. The van der Waals surface area contributed by atoms with Crippen molar-refractivity contribution in [3.05, 3.63) is 47.5 Å². The molecular formula is C14H8F7NO4S. The molecule has 2 rings (SSSR count). The van der Waals surface area contributed by atoms with Gasteiger partial charge >= 0.3 is 6.36 Å². The lowest BCUT2D eigenvalue weighted by Gasteiger charge is -2.14. The second-order valence-electron chi connectivity index (χ2n) is 4.82. The van der Waals surface area contributed by atoms with Crippen molar-refractivity contribution in [3.63, 3.8) is 0 Å². The summed E-state index contributed by atoms with van der Waals surface area (Å²) in [5, 5.41) is 0. The Hall–Kier alpha value is -2.70. The van der Waals surface area contributed by atoms with E-state index in [0.29, 0.717) is 6.07 Å². The van der Waals surface area contributed by atoms with Crippen LogP contribution in [-0.2, 0) is 10.0 Å². The van der Waals surface area contributed by atoms with Gasteiger partial charge in [-0.2, -0.15) is 4.39 Å². The molecular weight excluding hydrogens is 411 g/mol. The van der Waals surface area contributed by atoms with E-state index in [9.17, 15) is 39.2 Å². The van der Waals surface area contributed by atoms with Crippen molar-refractivity contribution in [2.75, 3.05) is 11.8 Å². The second kappa shape index (κ2) is 7.13. The van der Waals surface area contributed by atoms with E-state index in [4.69, 9.17) is 0 Å². The van der Waals surface area contributed by atoms with Crippen LogP contribution < -0.4 is 14.2 Å². The highest BCUT2D eigenvalue weighted by Gasteiger charge is 2.37. The predicted molar refractivity (Wildman–Crippen MR) is 76.8 cm³/mol. The van der Waals surface area contributed by atoms with E-state index in [1.54, 1.807) is 4.72 Å². The molecule has 0 saturated heterocycles. The Labute approximate surface area is 147 Å². The third-order valence-electron chi connectivity index (χ3n) is 2.99. The molecule has 1 N–H and O–H groups in total. The van der Waals surface area contributed by atoms with Gasteiger partial charge in [0, 0.05) is 12.1 Å². The number of hydrogen-bond acceptors (Lipinski definition) is 4. The first-order valence-electron chi connectivity index (χ1n) is 6.65. The molecule has 148 valence electrons. The Kier molecular flexibility index (Phi) is 5.45. The molecule has 0 aliphatic carbocycles. The Balaban J connectivity index is 2.46. The van der Waals surface area contributed by atoms with Crippen molar-refractivity contribution >= 4 is 15.7 Å². The van der Waals surface area contributed by atoms with Crippen molar-refractivity contribution in [2.45, 2.75) is 11.3 Å². The van der Waals surface area contributed by atoms with Gasteiger partial charge in [0.05, 0.1) is 12.8 Å². The molecule has 13 heteroatoms. The van der Waals surface area contributed by atoms with E-state index in [1.807, 2.05) is 0 Å². The van der Waals surface area contributed by atoms with Gasteiger partial charge in [-0.3, -0.25) is 4.72 Å². The topological polar surface area (TPSA) is 64.6 Å². The molecule has 0 atom stereocenters. The van der Waals surface area contributed by atoms with Gasteiger partial charge in [-0.05, 0) is 12.1 Å². The van der Waals surface area contributed by atoms with Gasteiger partial charge in [0.25, 0.3) is 10.0 Å². The highest BCUT2D eigenvalue weighted by atomic mass is 32.2. The molecule has 0 aliphatic rings. The fraction of sp³-hybridized carbons (Fsp3) is 0.143. The van der Waals surface area contributed by atoms with Gasteiger partial charge in [-0.15, -0.1) is 13.2 Å². The van der Waals surface area contributed by atoms with Crippen LogP contribution in [0.3, 0.4) is 0 Å². The number of anilines is 1. The summed E-state index contributed by atoms with van der Waals surface area (Å²) in [6.45, 7) is 0. The first kappa shape index (κ1) is 20.6. The molecule has 0 radical (unpaired) electrons. The van der Waals surface area contributed by atoms with Crippen molar-refractivity contribution in [1.29, 1.82) is 0 Å². The molecule has 2 aromatic carbocycles. The number of rotatable bonds is 5. The van der Waals surface area contributed by atoms with Crippen LogP contribution >= 0.6 is 0 Å². The molecule has 0 spiro atoms. The number of benzene rings is 2. The molecule has 0 bridgehead atoms. The summed E-state index contributed by atoms with van der Waals surface area (Å²) < 4.78 is 125. The van der Waals surface area contributed by atoms with Crippen LogP contribution in [-0.4, -0.2) is 21.9 Å². The third-order valence-corrected chi connectivity index (χ3v) is 4.37. The number of halogens is 7. The molecule has 0 fully saturated rings. The largest absolute Gasteiger partial charge is 0.573 e. The lowest BCUT2D eigenvalue weighted by atomic mass is 10.3. The first-order valence-corrected chi connectivity index (χ1v) is 8.13. The standard InChI is InChI=1S/C14H8F7NO4S/c1-25-9-3-2-6(4-7(9)15)22-27(23,24)10-5-8(16)13(12(18)11(10)17)26-14(19,20)21/h2-5,22H,1H3. The fourth-order valence-corrected chi connectivity index (χ4v) is 3.03. The minimum Gasteiger partial charge on any atom is -0.494 e. The number of ether oxygens (including phenoxy) is 2. The summed E-state index contributed by atoms with van der Waals surface area (Å²) in [6, 6.07) is 2.42. The molecule has 5 nitrogen and oxygen atoms in total. The van der Waals surface area contributed by atoms with Gasteiger partial charge in [0.2, 0.25) is 11.6 Å². The zero-order valence-electron chi connectivity index (χ0n) is 13.0. The van der Waals surface area contributed by atoms with Gasteiger partial charge in [0.1, 0.15) is 4.90 Å². The Morgan fingerprint density at radius 2 is 1.59 bits per heavy atom. The number of methoxy groups -OCH3 is 1. The first-order chi connectivity index (χ1) is 12.4. The minimum absolute atomic E-state index is 0.207. The zero-order valence-corrected chi connectivity index (χ0v) is 13.8. The van der Waals surface area contributed by atoms with Gasteiger partial charge < -0.3 is 9.47 Å². The smallest absolute Gasteiger partial charge is 0.494 e. The predicted octanol–water partition coefficient (Wildman–Crippen LogP) is 3.95. The van der Waals surface area contributed by atoms with E-state index in [0.717, 1.165) is 19.2 Å². The summed E-state index contributed by atoms with van der Waals surface area (Å²) in [7, 11) is -3.90. The van der Waals surface area contributed by atoms with Crippen LogP contribution in [0.25, 0.3) is 0 Å². The normalized spacial score (nSPS) is 12.0. The Bertz CT molecular complexity index is 976. The maximum Gasteiger partial charge on any atom is 0.573 e. The summed E-state index contributed by atoms with van der Waals surface area (Å²) in [4.78, 5) is -1.65. The summed E-state index contributed by atoms with van der Waals surface area (Å²) in [5.41, 5.74) is -0.468. The minimum atomic E-state index is -5.55. The van der Waals surface area contributed by atoms with E-state index in [1.165, 1.54) is 0 Å². The van der Waals surface area contributed by atoms with Gasteiger partial charge in [-0.25, -0.2) is 21.6 Å². The monoisotopic (exact) mass is 419 g/mol. The van der Waals surface area contributed by atoms with Crippen LogP contribution in [0.4, 0.5) is 36.4 Å². The van der Waals surface area contributed by atoms with E-state index < -0.39 is 56.0 Å². The van der Waals surface area contributed by atoms with Crippen LogP contribution in [0.1, 0.15) is 0 Å². The number of nitrogens with one attached hydrogen (secondary N) is 1. The Morgan fingerprint density at radius 1 is 0.963 bits per heavy atom. The maximum absolute atomic E-state index is 13.9. The summed E-state index contributed by atoms with van der Waals surface area (Å²) in [6.07, 6.45) is -5.55. The molecule has 0 saturated carbocycles. The zero-order chi connectivity index (χ0) is 20.6. The SMILES string of the molecule is COc1ccc(NS(=O)(=O)c2cc(F)c(OC(F)(F)F)c(F)c2F)cc1F. The lowest BCUT2D eigenvalue weighted by molar-refractivity contribution is -0.276. The average molecular weight is 419 g/mol. The van der Waals surface area contributed by atoms with Crippen molar-refractivity contribution in [1.82, 2.24) is 0 Å². The molecule has 0 amide bonds. The molecule has 0 unspecified atom stereocenters. The Morgan fingerprint density at radius 3 is 2.11 bits per heavy atom. The van der Waals surface area contributed by atoms with E-state index in [2.05, 4.69) is 9.47 Å². The summed E-state index contributed by atoms with van der Waals surface area (Å²) >= 11 is 0.